The van der Waals surface area contributed by atoms with E-state index in [0.29, 0.717) is 17.4 Å². The number of hydrogen-bond donors (Lipinski definition) is 1. The maximum Gasteiger partial charge on any atom is 0.273 e. The quantitative estimate of drug-likeness (QED) is 0.716. The molecule has 0 spiro atoms. The van der Waals surface area contributed by atoms with Crippen molar-refractivity contribution < 1.29 is 4.79 Å². The Morgan fingerprint density at radius 1 is 1.21 bits per heavy atom. The van der Waals surface area contributed by atoms with Crippen molar-refractivity contribution in [2.45, 2.75) is 45.7 Å². The normalized spacial score (nSPS) is 13.2. The molecule has 1 aliphatic carbocycles. The van der Waals surface area contributed by atoms with Crippen molar-refractivity contribution in [3.63, 3.8) is 0 Å². The smallest absolute Gasteiger partial charge is 0.273 e. The fourth-order valence-electron chi connectivity index (χ4n) is 3.45. The number of nitrogens with one attached hydrogen (secondary N) is 1. The number of nitrogens with zero attached hydrogens (tertiary/aromatic N) is 5. The number of hydrogen-bond acceptors (Lipinski definition) is 5. The van der Waals surface area contributed by atoms with Gasteiger partial charge in [-0.2, -0.15) is 0 Å². The van der Waals surface area contributed by atoms with E-state index >= 15 is 0 Å². The molecule has 0 unspecified atom stereocenters. The summed E-state index contributed by atoms with van der Waals surface area (Å²) in [6, 6.07) is 7.52. The maximum absolute atomic E-state index is 12.4. The summed E-state index contributed by atoms with van der Waals surface area (Å²) in [5, 5.41) is 11.5. The predicted octanol–water partition coefficient (Wildman–Crippen LogP) is 2.89. The monoisotopic (exact) mass is 396 g/mol. The van der Waals surface area contributed by atoms with Crippen molar-refractivity contribution in [3.8, 4) is 0 Å². The molecule has 144 valence electrons. The molecule has 1 N–H and O–H groups in total. The molecule has 1 amide bonds. The lowest BCUT2D eigenvalue weighted by Crippen LogP contribution is -2.25. The minimum Gasteiger partial charge on any atom is -0.343 e. The lowest BCUT2D eigenvalue weighted by molar-refractivity contribution is 0.0944. The van der Waals surface area contributed by atoms with Crippen LogP contribution in [0.4, 0.5) is 0 Å². The van der Waals surface area contributed by atoms with E-state index in [1.165, 1.54) is 12.0 Å². The Morgan fingerprint density at radius 2 is 2.04 bits per heavy atom. The second-order valence-electron chi connectivity index (χ2n) is 6.93. The number of carbonyl (C=O) groups excluding carboxylic acids is 1. The van der Waals surface area contributed by atoms with E-state index in [1.807, 2.05) is 31.2 Å². The van der Waals surface area contributed by atoms with E-state index in [-0.39, 0.29) is 18.1 Å². The minimum absolute atomic E-state index is 0.252. The average molecular weight is 397 g/mol. The van der Waals surface area contributed by atoms with Gasteiger partial charge in [0.1, 0.15) is 5.82 Å². The molecule has 4 rings (SSSR count). The zero-order valence-corrected chi connectivity index (χ0v) is 16.4. The first-order chi connectivity index (χ1) is 13.6. The summed E-state index contributed by atoms with van der Waals surface area (Å²) in [6.07, 6.45) is 5.98. The van der Waals surface area contributed by atoms with E-state index < -0.39 is 0 Å². The van der Waals surface area contributed by atoms with E-state index in [4.69, 9.17) is 11.6 Å². The summed E-state index contributed by atoms with van der Waals surface area (Å²) in [5.41, 5.74) is 4.57. The SMILES string of the molecule is Cc1nc(CNC(=O)c2cn(Cc3ccccc3Cl)nn2)nc2c1CCCC2. The second-order valence-corrected chi connectivity index (χ2v) is 7.34. The van der Waals surface area contributed by atoms with Gasteiger partial charge in [-0.05, 0) is 49.8 Å². The van der Waals surface area contributed by atoms with Crippen LogP contribution in [0.2, 0.25) is 5.02 Å². The molecule has 0 radical (unpaired) electrons. The highest BCUT2D eigenvalue weighted by atomic mass is 35.5. The fourth-order valence-corrected chi connectivity index (χ4v) is 3.65. The third-order valence-electron chi connectivity index (χ3n) is 4.90. The zero-order chi connectivity index (χ0) is 19.5. The molecule has 3 aromatic rings. The van der Waals surface area contributed by atoms with Crippen LogP contribution < -0.4 is 5.32 Å². The molecule has 1 aliphatic rings. The fraction of sp³-hybridized carbons (Fsp3) is 0.350. The number of aromatic nitrogens is 5. The van der Waals surface area contributed by atoms with Crippen molar-refractivity contribution in [3.05, 3.63) is 69.5 Å². The number of fused-ring (bicyclic) bond motifs is 1. The summed E-state index contributed by atoms with van der Waals surface area (Å²) in [7, 11) is 0. The van der Waals surface area contributed by atoms with Crippen LogP contribution in [-0.2, 0) is 25.9 Å². The molecule has 28 heavy (non-hydrogen) atoms. The summed E-state index contributed by atoms with van der Waals surface area (Å²) < 4.78 is 1.59. The summed E-state index contributed by atoms with van der Waals surface area (Å²) in [4.78, 5) is 21.6. The Bertz CT molecular complexity index is 1020. The third-order valence-corrected chi connectivity index (χ3v) is 5.27. The Morgan fingerprint density at radius 3 is 2.89 bits per heavy atom. The molecule has 0 fully saturated rings. The number of rotatable bonds is 5. The first kappa shape index (κ1) is 18.6. The van der Waals surface area contributed by atoms with Crippen LogP contribution in [0.25, 0.3) is 0 Å². The van der Waals surface area contributed by atoms with E-state index in [0.717, 1.165) is 36.2 Å². The third kappa shape index (κ3) is 4.04. The van der Waals surface area contributed by atoms with Gasteiger partial charge in [0.25, 0.3) is 5.91 Å². The van der Waals surface area contributed by atoms with Crippen LogP contribution in [-0.4, -0.2) is 30.9 Å². The second kappa shape index (κ2) is 8.06. The highest BCUT2D eigenvalue weighted by Crippen LogP contribution is 2.21. The first-order valence-corrected chi connectivity index (χ1v) is 9.75. The van der Waals surface area contributed by atoms with Crippen LogP contribution in [0.1, 0.15) is 51.7 Å². The molecule has 0 saturated heterocycles. The van der Waals surface area contributed by atoms with E-state index in [2.05, 4.69) is 25.6 Å². The standard InChI is InChI=1S/C20H21ClN6O/c1-13-15-7-3-5-9-17(15)24-19(23-13)10-22-20(28)18-12-27(26-25-18)11-14-6-2-4-8-16(14)21/h2,4,6,8,12H,3,5,7,9-11H2,1H3,(H,22,28). The van der Waals surface area contributed by atoms with Gasteiger partial charge in [-0.1, -0.05) is 35.0 Å². The molecule has 2 aromatic heterocycles. The van der Waals surface area contributed by atoms with Crippen molar-refractivity contribution >= 4 is 17.5 Å². The van der Waals surface area contributed by atoms with Gasteiger partial charge in [0.2, 0.25) is 0 Å². The Balaban J connectivity index is 1.40. The largest absolute Gasteiger partial charge is 0.343 e. The number of amides is 1. The highest BCUT2D eigenvalue weighted by molar-refractivity contribution is 6.31. The molecule has 2 heterocycles. The molecule has 7 nitrogen and oxygen atoms in total. The molecule has 8 heteroatoms. The molecule has 0 atom stereocenters. The van der Waals surface area contributed by atoms with Crippen molar-refractivity contribution in [1.82, 2.24) is 30.3 Å². The van der Waals surface area contributed by atoms with Gasteiger partial charge in [0, 0.05) is 16.4 Å². The number of benzene rings is 1. The lowest BCUT2D eigenvalue weighted by Gasteiger charge is -2.17. The number of carbonyl (C=O) groups is 1. The lowest BCUT2D eigenvalue weighted by atomic mass is 9.95. The minimum atomic E-state index is -0.301. The van der Waals surface area contributed by atoms with Crippen LogP contribution in [0.3, 0.4) is 0 Å². The number of halogens is 1. The van der Waals surface area contributed by atoms with Crippen LogP contribution in [0.15, 0.2) is 30.5 Å². The van der Waals surface area contributed by atoms with E-state index in [9.17, 15) is 4.79 Å². The average Bonchev–Trinajstić information content (AvgIpc) is 3.17. The van der Waals surface area contributed by atoms with Gasteiger partial charge >= 0.3 is 0 Å². The molecule has 0 aliphatic heterocycles. The molecular weight excluding hydrogens is 376 g/mol. The summed E-state index contributed by atoms with van der Waals surface area (Å²) in [6.45, 7) is 2.73. The van der Waals surface area contributed by atoms with Crippen molar-refractivity contribution in [2.75, 3.05) is 0 Å². The topological polar surface area (TPSA) is 85.6 Å². The van der Waals surface area contributed by atoms with Gasteiger partial charge in [-0.3, -0.25) is 4.79 Å². The first-order valence-electron chi connectivity index (χ1n) is 9.37. The van der Waals surface area contributed by atoms with Crippen molar-refractivity contribution in [2.24, 2.45) is 0 Å². The molecular formula is C20H21ClN6O. The van der Waals surface area contributed by atoms with Gasteiger partial charge in [-0.25, -0.2) is 14.6 Å². The van der Waals surface area contributed by atoms with Gasteiger partial charge < -0.3 is 5.32 Å². The number of aryl methyl sites for hydroxylation is 2. The van der Waals surface area contributed by atoms with Gasteiger partial charge in [0.15, 0.2) is 5.69 Å². The molecule has 0 saturated carbocycles. The molecule has 0 bridgehead atoms. The van der Waals surface area contributed by atoms with Gasteiger partial charge in [-0.15, -0.1) is 5.10 Å². The Labute approximate surface area is 168 Å². The van der Waals surface area contributed by atoms with E-state index in [1.54, 1.807) is 10.9 Å². The Hall–Kier alpha value is -2.80. The highest BCUT2D eigenvalue weighted by Gasteiger charge is 2.17. The van der Waals surface area contributed by atoms with Gasteiger partial charge in [0.05, 0.1) is 19.3 Å². The maximum atomic E-state index is 12.4. The van der Waals surface area contributed by atoms with Crippen LogP contribution >= 0.6 is 11.6 Å². The molecule has 1 aromatic carbocycles. The summed E-state index contributed by atoms with van der Waals surface area (Å²) >= 11 is 6.17. The van der Waals surface area contributed by atoms with Crippen LogP contribution in [0.5, 0.6) is 0 Å². The van der Waals surface area contributed by atoms with Crippen LogP contribution in [0, 0.1) is 6.92 Å². The van der Waals surface area contributed by atoms with Crippen molar-refractivity contribution in [1.29, 1.82) is 0 Å². The Kier molecular flexibility index (Phi) is 5.34. The zero-order valence-electron chi connectivity index (χ0n) is 15.7. The summed E-state index contributed by atoms with van der Waals surface area (Å²) in [5.74, 6) is 0.333. The predicted molar refractivity (Wildman–Crippen MR) is 105 cm³/mol.